The van der Waals surface area contributed by atoms with Gasteiger partial charge in [0.2, 0.25) is 5.24 Å². The predicted octanol–water partition coefficient (Wildman–Crippen LogP) is 1.18. The normalized spacial score (nSPS) is 20.7. The molecule has 1 rings (SSSR count). The summed E-state index contributed by atoms with van der Waals surface area (Å²) in [5, 5.41) is 0.886. The molecule has 14 heavy (non-hydrogen) atoms. The van der Waals surface area contributed by atoms with Crippen molar-refractivity contribution < 1.29 is 9.59 Å². The number of hydrogen-bond acceptors (Lipinski definition) is 3. The van der Waals surface area contributed by atoms with Gasteiger partial charge in [-0.2, -0.15) is 0 Å². The summed E-state index contributed by atoms with van der Waals surface area (Å²) in [5.74, 6) is -0.535. The Labute approximate surface area is 95.7 Å². The molecule has 0 radical (unpaired) electrons. The van der Waals surface area contributed by atoms with E-state index in [1.54, 1.807) is 6.92 Å². The maximum absolute atomic E-state index is 11.2. The number of nitrogens with one attached hydrogen (secondary N) is 1. The van der Waals surface area contributed by atoms with E-state index >= 15 is 0 Å². The van der Waals surface area contributed by atoms with Crippen LogP contribution in [0.2, 0.25) is 0 Å². The molecule has 0 spiro atoms. The van der Waals surface area contributed by atoms with Crippen LogP contribution in [0.5, 0.6) is 0 Å². The third-order valence-corrected chi connectivity index (χ3v) is 2.91. The van der Waals surface area contributed by atoms with Crippen LogP contribution in [0.3, 0.4) is 0 Å². The molecule has 1 aliphatic rings. The Kier molecular flexibility index (Phi) is 3.78. The molecule has 7 heteroatoms. The first-order valence-electron chi connectivity index (χ1n) is 3.74. The fraction of sp³-hybridized carbons (Fsp3) is 0.429. The van der Waals surface area contributed by atoms with E-state index in [0.717, 1.165) is 0 Å². The van der Waals surface area contributed by atoms with Crippen molar-refractivity contribution in [2.75, 3.05) is 6.54 Å². The fourth-order valence-corrected chi connectivity index (χ4v) is 1.35. The Morgan fingerprint density at radius 3 is 2.57 bits per heavy atom. The second-order valence-corrected chi connectivity index (χ2v) is 3.97. The molecule has 1 atom stereocenters. The first-order valence-corrected chi connectivity index (χ1v) is 4.88. The summed E-state index contributed by atoms with van der Waals surface area (Å²) in [6, 6.07) is -0.640. The summed E-state index contributed by atoms with van der Waals surface area (Å²) >= 11 is 16.5. The van der Waals surface area contributed by atoms with Gasteiger partial charge in [0.15, 0.2) is 0 Å². The van der Waals surface area contributed by atoms with E-state index in [0.29, 0.717) is 0 Å². The average molecular weight is 258 g/mol. The van der Waals surface area contributed by atoms with Crippen molar-refractivity contribution in [3.63, 3.8) is 0 Å². The molecular formula is C7H7Cl3N2O2. The van der Waals surface area contributed by atoms with Crippen LogP contribution in [0.15, 0.2) is 10.1 Å². The zero-order valence-corrected chi connectivity index (χ0v) is 9.45. The zero-order chi connectivity index (χ0) is 10.9. The number of amides is 1. The Hall–Kier alpha value is -0.290. The van der Waals surface area contributed by atoms with Crippen LogP contribution in [-0.4, -0.2) is 28.7 Å². The van der Waals surface area contributed by atoms with Crippen molar-refractivity contribution in [3.05, 3.63) is 10.1 Å². The molecule has 0 fully saturated rings. The summed E-state index contributed by atoms with van der Waals surface area (Å²) in [4.78, 5) is 22.0. The fourth-order valence-electron chi connectivity index (χ4n) is 0.917. The van der Waals surface area contributed by atoms with Gasteiger partial charge >= 0.3 is 0 Å². The van der Waals surface area contributed by atoms with E-state index in [1.165, 1.54) is 5.01 Å². The van der Waals surface area contributed by atoms with E-state index in [-0.39, 0.29) is 16.6 Å². The van der Waals surface area contributed by atoms with Gasteiger partial charge in [-0.05, 0) is 18.5 Å². The number of nitrogens with zero attached hydrogens (tertiary/aromatic N) is 1. The second-order valence-electron chi connectivity index (χ2n) is 2.77. The summed E-state index contributed by atoms with van der Waals surface area (Å²) < 4.78 is 0. The van der Waals surface area contributed by atoms with Crippen molar-refractivity contribution in [2.45, 2.75) is 13.0 Å². The lowest BCUT2D eigenvalue weighted by molar-refractivity contribution is -0.126. The smallest absolute Gasteiger partial charge is 0.278 e. The van der Waals surface area contributed by atoms with Gasteiger partial charge in [0.05, 0.1) is 11.6 Å². The molecule has 1 heterocycles. The zero-order valence-electron chi connectivity index (χ0n) is 7.18. The third kappa shape index (κ3) is 2.39. The van der Waals surface area contributed by atoms with E-state index in [4.69, 9.17) is 34.8 Å². The van der Waals surface area contributed by atoms with Gasteiger partial charge in [-0.25, -0.2) is 5.01 Å². The van der Waals surface area contributed by atoms with Crippen molar-refractivity contribution >= 4 is 46.0 Å². The van der Waals surface area contributed by atoms with E-state index in [9.17, 15) is 9.59 Å². The number of carbonyl (C=O) groups excluding carboxylic acids is 2. The van der Waals surface area contributed by atoms with Crippen LogP contribution in [-0.2, 0) is 9.59 Å². The highest BCUT2D eigenvalue weighted by Crippen LogP contribution is 2.20. The highest BCUT2D eigenvalue weighted by Gasteiger charge is 2.28. The van der Waals surface area contributed by atoms with Gasteiger partial charge in [0, 0.05) is 0 Å². The van der Waals surface area contributed by atoms with Crippen molar-refractivity contribution in [1.29, 1.82) is 0 Å². The molecule has 1 amide bonds. The molecule has 1 N–H and O–H groups in total. The Bertz CT molecular complexity index is 316. The number of halogens is 3. The first kappa shape index (κ1) is 11.8. The van der Waals surface area contributed by atoms with Gasteiger partial charge < -0.3 is 0 Å². The van der Waals surface area contributed by atoms with Crippen LogP contribution in [0.25, 0.3) is 0 Å². The highest BCUT2D eigenvalue weighted by molar-refractivity contribution is 6.64. The molecule has 0 bridgehead atoms. The molecule has 0 saturated carbocycles. The minimum absolute atomic E-state index is 0.0582. The monoisotopic (exact) mass is 256 g/mol. The summed E-state index contributed by atoms with van der Waals surface area (Å²) in [5.41, 5.74) is 2.39. The van der Waals surface area contributed by atoms with Crippen molar-refractivity contribution in [2.24, 2.45) is 0 Å². The lowest BCUT2D eigenvalue weighted by atomic mass is 10.3. The van der Waals surface area contributed by atoms with Crippen molar-refractivity contribution in [3.8, 4) is 0 Å². The standard InChI is InChI=1S/C7H7Cl3N2O2/c1-3(6(10)13)12-2-4(8)5(9)7(14)11-12/h3H,2H2,1H3,(H,11,14). The minimum Gasteiger partial charge on any atom is -0.283 e. The maximum atomic E-state index is 11.2. The summed E-state index contributed by atoms with van der Waals surface area (Å²) in [7, 11) is 0. The molecule has 0 aliphatic carbocycles. The molecule has 1 unspecified atom stereocenters. The van der Waals surface area contributed by atoms with Gasteiger partial charge in [-0.15, -0.1) is 0 Å². The topological polar surface area (TPSA) is 49.4 Å². The van der Waals surface area contributed by atoms with Gasteiger partial charge in [-0.1, -0.05) is 23.2 Å². The molecule has 1 aliphatic heterocycles. The minimum atomic E-state index is -0.640. The molecule has 0 aromatic rings. The molecule has 0 saturated heterocycles. The SMILES string of the molecule is CC(C(=O)Cl)N1CC(Cl)=C(Cl)C(=O)N1. The molecule has 0 aromatic heterocycles. The third-order valence-electron chi connectivity index (χ3n) is 1.79. The van der Waals surface area contributed by atoms with Crippen LogP contribution in [0.4, 0.5) is 0 Å². The quantitative estimate of drug-likeness (QED) is 0.756. The first-order chi connectivity index (χ1) is 6.43. The van der Waals surface area contributed by atoms with Crippen LogP contribution in [0.1, 0.15) is 6.92 Å². The van der Waals surface area contributed by atoms with E-state index in [1.807, 2.05) is 0 Å². The summed E-state index contributed by atoms with van der Waals surface area (Å²) in [6.45, 7) is 1.73. The van der Waals surface area contributed by atoms with Crippen molar-refractivity contribution in [1.82, 2.24) is 10.4 Å². The van der Waals surface area contributed by atoms with Gasteiger partial charge in [0.1, 0.15) is 11.1 Å². The number of hydrazine groups is 1. The lowest BCUT2D eigenvalue weighted by Crippen LogP contribution is -2.52. The van der Waals surface area contributed by atoms with Gasteiger partial charge in [-0.3, -0.25) is 15.0 Å². The molecular weight excluding hydrogens is 250 g/mol. The van der Waals surface area contributed by atoms with Crippen LogP contribution in [0, 0.1) is 0 Å². The number of hydrogen-bond donors (Lipinski definition) is 1. The number of rotatable bonds is 2. The van der Waals surface area contributed by atoms with Crippen LogP contribution < -0.4 is 5.43 Å². The Morgan fingerprint density at radius 2 is 2.14 bits per heavy atom. The molecule has 78 valence electrons. The Morgan fingerprint density at radius 1 is 1.57 bits per heavy atom. The van der Waals surface area contributed by atoms with E-state index < -0.39 is 17.2 Å². The average Bonchev–Trinajstić information content (AvgIpc) is 2.12. The second kappa shape index (κ2) is 4.49. The summed E-state index contributed by atoms with van der Waals surface area (Å²) in [6.07, 6.45) is 0. The molecule has 0 aromatic carbocycles. The Balaban J connectivity index is 2.80. The predicted molar refractivity (Wildman–Crippen MR) is 53.9 cm³/mol. The number of carbonyl (C=O) groups is 2. The van der Waals surface area contributed by atoms with E-state index in [2.05, 4.69) is 5.43 Å². The largest absolute Gasteiger partial charge is 0.283 e. The maximum Gasteiger partial charge on any atom is 0.278 e. The lowest BCUT2D eigenvalue weighted by Gasteiger charge is -2.30. The molecule has 4 nitrogen and oxygen atoms in total. The van der Waals surface area contributed by atoms with Crippen LogP contribution >= 0.6 is 34.8 Å². The van der Waals surface area contributed by atoms with Gasteiger partial charge in [0.25, 0.3) is 5.91 Å². The highest BCUT2D eigenvalue weighted by atomic mass is 35.5.